The van der Waals surface area contributed by atoms with Crippen LogP contribution in [0.1, 0.15) is 380 Å². The first-order valence-electron chi connectivity index (χ1n) is 32.9. The summed E-state index contributed by atoms with van der Waals surface area (Å²) in [6.45, 7) is 4.12. The van der Waals surface area contributed by atoms with Crippen LogP contribution in [0.2, 0.25) is 0 Å². The van der Waals surface area contributed by atoms with E-state index in [9.17, 15) is 25.2 Å². The second kappa shape index (κ2) is 60.2. The van der Waals surface area contributed by atoms with Gasteiger partial charge >= 0.3 is 0 Å². The third kappa shape index (κ3) is 53.9. The predicted octanol–water partition coefficient (Wildman–Crippen LogP) is 19.8. The van der Waals surface area contributed by atoms with Crippen LogP contribution in [0.4, 0.5) is 0 Å². The molecule has 6 nitrogen and oxygen atoms in total. The predicted molar refractivity (Wildman–Crippen MR) is 312 cm³/mol. The van der Waals surface area contributed by atoms with Crippen molar-refractivity contribution in [1.29, 1.82) is 0 Å². The van der Waals surface area contributed by atoms with Crippen molar-refractivity contribution in [3.63, 3.8) is 0 Å². The van der Waals surface area contributed by atoms with Gasteiger partial charge in [-0.15, -0.1) is 0 Å². The van der Waals surface area contributed by atoms with Gasteiger partial charge in [-0.25, -0.2) is 0 Å². The first kappa shape index (κ1) is 70.3. The largest absolute Gasteiger partial charge is 0.394 e. The number of carbonyl (C=O) groups is 1. The smallest absolute Gasteiger partial charge is 0.249 e. The van der Waals surface area contributed by atoms with Crippen LogP contribution in [-0.4, -0.2) is 57.3 Å². The van der Waals surface area contributed by atoms with Gasteiger partial charge in [0, 0.05) is 0 Å². The lowest BCUT2D eigenvalue weighted by Gasteiger charge is -2.27. The van der Waals surface area contributed by atoms with Gasteiger partial charge in [-0.05, 0) is 12.8 Å². The molecule has 0 saturated carbocycles. The summed E-state index contributed by atoms with van der Waals surface area (Å²) in [6, 6.07) is -0.982. The average molecular weight is 1010 g/mol. The molecule has 0 aromatic rings. The van der Waals surface area contributed by atoms with Crippen LogP contribution < -0.4 is 5.32 Å². The Morgan fingerprint density at radius 2 is 0.479 bits per heavy atom. The Kier molecular flexibility index (Phi) is 59.6. The van der Waals surface area contributed by atoms with Crippen LogP contribution in [-0.2, 0) is 4.79 Å². The van der Waals surface area contributed by atoms with E-state index in [0.717, 1.165) is 38.5 Å². The molecule has 0 aliphatic heterocycles. The van der Waals surface area contributed by atoms with Crippen molar-refractivity contribution in [2.45, 2.75) is 404 Å². The number of aliphatic hydroxyl groups excluding tert-OH is 4. The molecule has 0 bridgehead atoms. The van der Waals surface area contributed by atoms with E-state index in [0.29, 0.717) is 12.8 Å². The van der Waals surface area contributed by atoms with Crippen molar-refractivity contribution in [3.05, 3.63) is 0 Å². The van der Waals surface area contributed by atoms with E-state index in [1.807, 2.05) is 0 Å². The van der Waals surface area contributed by atoms with E-state index in [2.05, 4.69) is 19.2 Å². The molecule has 0 aromatic heterocycles. The maximum Gasteiger partial charge on any atom is 0.249 e. The first-order chi connectivity index (χ1) is 35.0. The number of hydrogen-bond donors (Lipinski definition) is 5. The Balaban J connectivity index is 3.53. The molecule has 426 valence electrons. The Morgan fingerprint density at radius 1 is 0.296 bits per heavy atom. The summed E-state index contributed by atoms with van der Waals surface area (Å²) in [5.74, 6) is -0.573. The van der Waals surface area contributed by atoms with Crippen molar-refractivity contribution in [2.24, 2.45) is 0 Å². The van der Waals surface area contributed by atoms with Crippen LogP contribution >= 0.6 is 0 Å². The summed E-state index contributed by atoms with van der Waals surface area (Å²) >= 11 is 0. The molecule has 4 unspecified atom stereocenters. The van der Waals surface area contributed by atoms with Crippen molar-refractivity contribution in [3.8, 4) is 0 Å². The van der Waals surface area contributed by atoms with Gasteiger partial charge in [0.1, 0.15) is 12.2 Å². The number of amides is 1. The minimum absolute atomic E-state index is 0.377. The van der Waals surface area contributed by atoms with E-state index in [-0.39, 0.29) is 0 Å². The van der Waals surface area contributed by atoms with E-state index in [4.69, 9.17) is 0 Å². The van der Waals surface area contributed by atoms with Gasteiger partial charge in [-0.1, -0.05) is 367 Å². The zero-order chi connectivity index (χ0) is 51.6. The molecule has 71 heavy (non-hydrogen) atoms. The molecule has 0 aliphatic carbocycles. The van der Waals surface area contributed by atoms with Crippen LogP contribution in [0.15, 0.2) is 0 Å². The lowest BCUT2D eigenvalue weighted by molar-refractivity contribution is -0.132. The topological polar surface area (TPSA) is 110 Å². The van der Waals surface area contributed by atoms with Crippen LogP contribution in [0.5, 0.6) is 0 Å². The number of hydrogen-bond acceptors (Lipinski definition) is 5. The summed E-state index contributed by atoms with van der Waals surface area (Å²) in [5, 5.41) is 44.2. The molecular formula is C65H131NO5. The van der Waals surface area contributed by atoms with Crippen molar-refractivity contribution in [1.82, 2.24) is 5.32 Å². The van der Waals surface area contributed by atoms with E-state index >= 15 is 0 Å². The monoisotopic (exact) mass is 1010 g/mol. The molecule has 6 heteroatoms. The van der Waals surface area contributed by atoms with E-state index < -0.39 is 36.9 Å². The molecule has 0 rings (SSSR count). The third-order valence-electron chi connectivity index (χ3n) is 16.1. The standard InChI is InChI=1S/C65H131NO5/c1-3-5-7-9-11-13-15-17-19-21-23-25-27-29-31-32-33-35-37-39-41-43-45-47-49-51-53-55-57-59-63(69)65(71)66-61(60-67)64(70)62(68)58-56-54-52-50-48-46-44-42-40-38-36-34-30-28-26-24-22-20-18-16-14-12-10-8-6-4-2/h61-64,67-70H,3-60H2,1-2H3,(H,66,71). The Bertz CT molecular complexity index is 995. The van der Waals surface area contributed by atoms with Gasteiger partial charge in [0.15, 0.2) is 0 Å². The van der Waals surface area contributed by atoms with Crippen molar-refractivity contribution >= 4 is 5.91 Å². The van der Waals surface area contributed by atoms with Gasteiger partial charge in [0.25, 0.3) is 0 Å². The summed E-state index contributed by atoms with van der Waals surface area (Å²) in [4.78, 5) is 12.6. The highest BCUT2D eigenvalue weighted by Crippen LogP contribution is 2.20. The normalized spacial score (nSPS) is 13.5. The van der Waals surface area contributed by atoms with Crippen molar-refractivity contribution < 1.29 is 25.2 Å². The Hall–Kier alpha value is -0.690. The summed E-state index contributed by atoms with van der Waals surface area (Å²) < 4.78 is 0. The minimum atomic E-state index is -1.26. The Labute approximate surface area is 445 Å². The summed E-state index contributed by atoms with van der Waals surface area (Å²) in [7, 11) is 0. The number of rotatable bonds is 62. The highest BCUT2D eigenvalue weighted by molar-refractivity contribution is 5.80. The average Bonchev–Trinajstić information content (AvgIpc) is 3.38. The van der Waals surface area contributed by atoms with Gasteiger partial charge in [-0.3, -0.25) is 4.79 Å². The zero-order valence-electron chi connectivity index (χ0n) is 48.5. The molecule has 5 N–H and O–H groups in total. The SMILES string of the molecule is CCCCCCCCCCCCCCCCCCCCCCCCCCCCCCCC(O)C(=O)NC(CO)C(O)C(O)CCCCCCCCCCCCCCCCCCCCCCCCCCCC. The quantitative estimate of drug-likeness (QED) is 0.0390. The lowest BCUT2D eigenvalue weighted by Crippen LogP contribution is -2.53. The van der Waals surface area contributed by atoms with Gasteiger partial charge in [0.05, 0.1) is 18.8 Å². The minimum Gasteiger partial charge on any atom is -0.394 e. The molecule has 0 aliphatic rings. The Morgan fingerprint density at radius 3 is 0.676 bits per heavy atom. The van der Waals surface area contributed by atoms with Crippen LogP contribution in [0, 0.1) is 0 Å². The first-order valence-corrected chi connectivity index (χ1v) is 32.9. The van der Waals surface area contributed by atoms with Crippen LogP contribution in [0.25, 0.3) is 0 Å². The molecule has 0 heterocycles. The molecule has 4 atom stereocenters. The highest BCUT2D eigenvalue weighted by Gasteiger charge is 2.28. The molecule has 0 saturated heterocycles. The number of nitrogens with one attached hydrogen (secondary N) is 1. The fourth-order valence-corrected chi connectivity index (χ4v) is 10.9. The molecular weight excluding hydrogens is 875 g/mol. The number of unbranched alkanes of at least 4 members (excludes halogenated alkanes) is 53. The maximum absolute atomic E-state index is 12.6. The summed E-state index contributed by atoms with van der Waals surface area (Å²) in [6.07, 6.45) is 72.1. The molecule has 0 fully saturated rings. The second-order valence-electron chi connectivity index (χ2n) is 23.2. The number of carbonyl (C=O) groups excluding carboxylic acids is 1. The maximum atomic E-state index is 12.6. The van der Waals surface area contributed by atoms with Gasteiger partial charge in [0.2, 0.25) is 5.91 Å². The summed E-state index contributed by atoms with van der Waals surface area (Å²) in [5.41, 5.74) is 0. The van der Waals surface area contributed by atoms with E-state index in [1.54, 1.807) is 0 Å². The number of aliphatic hydroxyl groups is 4. The molecule has 0 aromatic carbocycles. The second-order valence-corrected chi connectivity index (χ2v) is 23.2. The fourth-order valence-electron chi connectivity index (χ4n) is 10.9. The third-order valence-corrected chi connectivity index (χ3v) is 16.1. The highest BCUT2D eigenvalue weighted by atomic mass is 16.3. The lowest BCUT2D eigenvalue weighted by atomic mass is 9.99. The molecule has 0 radical (unpaired) electrons. The van der Waals surface area contributed by atoms with Gasteiger partial charge in [-0.2, -0.15) is 0 Å². The van der Waals surface area contributed by atoms with E-state index in [1.165, 1.54) is 315 Å². The molecule has 0 spiro atoms. The van der Waals surface area contributed by atoms with Crippen LogP contribution in [0.3, 0.4) is 0 Å². The fraction of sp³-hybridized carbons (Fsp3) is 0.985. The zero-order valence-corrected chi connectivity index (χ0v) is 48.5. The van der Waals surface area contributed by atoms with Gasteiger partial charge < -0.3 is 25.7 Å². The van der Waals surface area contributed by atoms with Crippen molar-refractivity contribution in [2.75, 3.05) is 6.61 Å². The molecule has 1 amide bonds.